The second-order valence-corrected chi connectivity index (χ2v) is 9.20. The highest BCUT2D eigenvalue weighted by molar-refractivity contribution is 7.13. The van der Waals surface area contributed by atoms with E-state index in [1.54, 1.807) is 17.4 Å². The Morgan fingerprint density at radius 3 is 2.52 bits per heavy atom. The Kier molecular flexibility index (Phi) is 8.63. The number of nitrogens with one attached hydrogen (secondary N) is 1. The van der Waals surface area contributed by atoms with Crippen LogP contribution >= 0.6 is 11.3 Å². The highest BCUT2D eigenvalue weighted by Crippen LogP contribution is 2.26. The van der Waals surface area contributed by atoms with Crippen molar-refractivity contribution >= 4 is 22.2 Å². The average molecular weight is 470 g/mol. The summed E-state index contributed by atoms with van der Waals surface area (Å²) in [7, 11) is 0. The molecule has 176 valence electrons. The van der Waals surface area contributed by atoms with Gasteiger partial charge in [0, 0.05) is 62.6 Å². The molecule has 0 bridgehead atoms. The van der Waals surface area contributed by atoms with Gasteiger partial charge in [-0.25, -0.2) is 9.37 Å². The highest BCUT2D eigenvalue weighted by atomic mass is 32.1. The van der Waals surface area contributed by atoms with Gasteiger partial charge in [-0.1, -0.05) is 25.8 Å². The summed E-state index contributed by atoms with van der Waals surface area (Å²) in [6.07, 6.45) is 5.00. The summed E-state index contributed by atoms with van der Waals surface area (Å²) in [6.45, 7) is 8.49. The summed E-state index contributed by atoms with van der Waals surface area (Å²) >= 11 is 1.54. The first-order valence-corrected chi connectivity index (χ1v) is 12.6. The quantitative estimate of drug-likeness (QED) is 0.384. The lowest BCUT2D eigenvalue weighted by Gasteiger charge is -2.34. The molecular weight excluding hydrogens is 437 g/mol. The first-order chi connectivity index (χ1) is 16.2. The van der Waals surface area contributed by atoms with E-state index in [-0.39, 0.29) is 5.82 Å². The molecule has 0 unspecified atom stereocenters. The Morgan fingerprint density at radius 2 is 1.82 bits per heavy atom. The molecule has 2 aromatic heterocycles. The number of aromatic nitrogens is 2. The molecular formula is C25H32FN5OS. The first kappa shape index (κ1) is 23.6. The second-order valence-electron chi connectivity index (χ2n) is 8.34. The predicted molar refractivity (Wildman–Crippen MR) is 132 cm³/mol. The van der Waals surface area contributed by atoms with E-state index in [4.69, 9.17) is 9.72 Å². The number of benzene rings is 1. The lowest BCUT2D eigenvalue weighted by molar-refractivity contribution is 0.120. The van der Waals surface area contributed by atoms with Crippen LogP contribution < -0.4 is 10.1 Å². The van der Waals surface area contributed by atoms with E-state index >= 15 is 0 Å². The average Bonchev–Trinajstić information content (AvgIpc) is 3.26. The van der Waals surface area contributed by atoms with Crippen molar-refractivity contribution in [1.29, 1.82) is 0 Å². The number of hydrogen-bond donors (Lipinski definition) is 1. The van der Waals surface area contributed by atoms with Crippen LogP contribution in [0.1, 0.15) is 37.6 Å². The second kappa shape index (κ2) is 12.1. The summed E-state index contributed by atoms with van der Waals surface area (Å²) in [5.74, 6) is -0.0458. The number of halogens is 1. The number of thiazole rings is 1. The topological polar surface area (TPSA) is 53.5 Å². The molecule has 3 aromatic rings. The van der Waals surface area contributed by atoms with Crippen molar-refractivity contribution in [3.8, 4) is 5.75 Å². The Balaban J connectivity index is 1.23. The highest BCUT2D eigenvalue weighted by Gasteiger charge is 2.18. The molecule has 4 rings (SSSR count). The van der Waals surface area contributed by atoms with Gasteiger partial charge < -0.3 is 10.1 Å². The van der Waals surface area contributed by atoms with Crippen molar-refractivity contribution in [2.75, 3.05) is 38.1 Å². The van der Waals surface area contributed by atoms with Gasteiger partial charge in [0.2, 0.25) is 0 Å². The fraction of sp³-hybridized carbons (Fsp3) is 0.440. The van der Waals surface area contributed by atoms with E-state index in [0.717, 1.165) is 75.1 Å². The number of pyridine rings is 1. The van der Waals surface area contributed by atoms with Gasteiger partial charge in [-0.05, 0) is 30.7 Å². The van der Waals surface area contributed by atoms with Crippen LogP contribution in [0.3, 0.4) is 0 Å². The summed E-state index contributed by atoms with van der Waals surface area (Å²) in [4.78, 5) is 14.0. The number of ether oxygens (including phenoxy) is 1. The van der Waals surface area contributed by atoms with Crippen LogP contribution in [0.15, 0.2) is 48.0 Å². The normalized spacial score (nSPS) is 15.0. The maximum atomic E-state index is 14.3. The van der Waals surface area contributed by atoms with Crippen molar-refractivity contribution < 1.29 is 9.13 Å². The molecule has 1 fully saturated rings. The molecule has 0 atom stereocenters. The fourth-order valence-corrected chi connectivity index (χ4v) is 4.57. The third-order valence-electron chi connectivity index (χ3n) is 5.70. The largest absolute Gasteiger partial charge is 0.491 e. The van der Waals surface area contributed by atoms with E-state index in [9.17, 15) is 4.39 Å². The molecule has 6 nitrogen and oxygen atoms in total. The maximum Gasteiger partial charge on any atom is 0.187 e. The van der Waals surface area contributed by atoms with Crippen LogP contribution in [-0.2, 0) is 13.1 Å². The predicted octanol–water partition coefficient (Wildman–Crippen LogP) is 5.31. The standard InChI is InChI=1S/C25H32FN5OS/c1-2-3-6-15-32-24-9-8-20(16-23(24)26)28-25-29-22(19-33-25)18-31-13-11-30(12-14-31)17-21-7-4-5-10-27-21/h4-5,7-10,16,19H,2-3,6,11-15,17-18H2,1H3,(H,28,29). The van der Waals surface area contributed by atoms with E-state index < -0.39 is 0 Å². The lowest BCUT2D eigenvalue weighted by atomic mass is 10.2. The minimum atomic E-state index is -0.350. The SMILES string of the molecule is CCCCCOc1ccc(Nc2nc(CN3CCN(Cc4ccccn4)CC3)cs2)cc1F. The number of unbranched alkanes of at least 4 members (excludes halogenated alkanes) is 2. The Hall–Kier alpha value is -2.55. The molecule has 0 aliphatic carbocycles. The number of hydrogen-bond acceptors (Lipinski definition) is 7. The first-order valence-electron chi connectivity index (χ1n) is 11.7. The van der Waals surface area contributed by atoms with Crippen molar-refractivity contribution in [2.45, 2.75) is 39.3 Å². The molecule has 0 spiro atoms. The van der Waals surface area contributed by atoms with Gasteiger partial charge in [0.05, 0.1) is 18.0 Å². The molecule has 0 amide bonds. The molecule has 0 saturated carbocycles. The fourth-order valence-electron chi connectivity index (χ4n) is 3.85. The third-order valence-corrected chi connectivity index (χ3v) is 6.51. The molecule has 33 heavy (non-hydrogen) atoms. The summed E-state index contributed by atoms with van der Waals surface area (Å²) < 4.78 is 19.9. The number of piperazine rings is 1. The minimum Gasteiger partial charge on any atom is -0.491 e. The van der Waals surface area contributed by atoms with Crippen LogP contribution in [0, 0.1) is 5.82 Å². The van der Waals surface area contributed by atoms with Crippen molar-refractivity contribution in [2.24, 2.45) is 0 Å². The Bertz CT molecular complexity index is 991. The molecule has 1 aromatic carbocycles. The van der Waals surface area contributed by atoms with Crippen LogP contribution in [-0.4, -0.2) is 52.6 Å². The molecule has 3 heterocycles. The van der Waals surface area contributed by atoms with E-state index in [2.05, 4.69) is 38.5 Å². The zero-order chi connectivity index (χ0) is 22.9. The van der Waals surface area contributed by atoms with E-state index in [1.165, 1.54) is 6.07 Å². The summed E-state index contributed by atoms with van der Waals surface area (Å²) in [6, 6.07) is 11.1. The molecule has 1 N–H and O–H groups in total. The molecule has 1 aliphatic rings. The summed E-state index contributed by atoms with van der Waals surface area (Å²) in [5.41, 5.74) is 2.84. The zero-order valence-electron chi connectivity index (χ0n) is 19.2. The monoisotopic (exact) mass is 469 g/mol. The van der Waals surface area contributed by atoms with Crippen molar-refractivity contribution in [3.05, 3.63) is 65.2 Å². The van der Waals surface area contributed by atoms with E-state index in [0.29, 0.717) is 18.0 Å². The van der Waals surface area contributed by atoms with Crippen LogP contribution in [0.2, 0.25) is 0 Å². The van der Waals surface area contributed by atoms with Crippen LogP contribution in [0.4, 0.5) is 15.2 Å². The van der Waals surface area contributed by atoms with Crippen LogP contribution in [0.5, 0.6) is 5.75 Å². The van der Waals surface area contributed by atoms with Gasteiger partial charge in [-0.3, -0.25) is 14.8 Å². The van der Waals surface area contributed by atoms with Gasteiger partial charge in [-0.2, -0.15) is 0 Å². The van der Waals surface area contributed by atoms with E-state index in [1.807, 2.05) is 24.4 Å². The van der Waals surface area contributed by atoms with Gasteiger partial charge >= 0.3 is 0 Å². The minimum absolute atomic E-state index is 0.304. The Labute approximate surface area is 199 Å². The number of anilines is 2. The summed E-state index contributed by atoms with van der Waals surface area (Å²) in [5, 5.41) is 6.07. The number of rotatable bonds is 11. The van der Waals surface area contributed by atoms with Gasteiger partial charge in [-0.15, -0.1) is 11.3 Å². The molecule has 0 radical (unpaired) electrons. The zero-order valence-corrected chi connectivity index (χ0v) is 20.0. The molecule has 8 heteroatoms. The van der Waals surface area contributed by atoms with Crippen molar-refractivity contribution in [3.63, 3.8) is 0 Å². The smallest absolute Gasteiger partial charge is 0.187 e. The third kappa shape index (κ3) is 7.22. The molecule has 1 saturated heterocycles. The van der Waals surface area contributed by atoms with Gasteiger partial charge in [0.1, 0.15) is 0 Å². The number of nitrogens with zero attached hydrogens (tertiary/aromatic N) is 4. The van der Waals surface area contributed by atoms with Gasteiger partial charge in [0.15, 0.2) is 16.7 Å². The lowest BCUT2D eigenvalue weighted by Crippen LogP contribution is -2.45. The van der Waals surface area contributed by atoms with Crippen LogP contribution in [0.25, 0.3) is 0 Å². The van der Waals surface area contributed by atoms with Crippen molar-refractivity contribution in [1.82, 2.24) is 19.8 Å². The molecule has 1 aliphatic heterocycles. The van der Waals surface area contributed by atoms with Gasteiger partial charge in [0.25, 0.3) is 0 Å². The Morgan fingerprint density at radius 1 is 1.03 bits per heavy atom. The maximum absolute atomic E-state index is 14.3.